The molecule has 1 fully saturated rings. The highest BCUT2D eigenvalue weighted by Crippen LogP contribution is 2.51. The van der Waals surface area contributed by atoms with Gasteiger partial charge in [0, 0.05) is 10.2 Å². The number of thioether (sulfide) groups is 1. The second-order valence-corrected chi connectivity index (χ2v) is 11.6. The number of halogens is 2. The SMILES string of the molecule is CC(C)(C)OC(=NC1=N[C@@]2(c3cc(F)cc(Br)c3)CCC[C@H]2CS1)OC(C)(C)C. The quantitative estimate of drug-likeness (QED) is 0.330. The van der Waals surface area contributed by atoms with Crippen molar-refractivity contribution >= 4 is 38.9 Å². The van der Waals surface area contributed by atoms with Crippen molar-refractivity contribution in [1.82, 2.24) is 0 Å². The molecule has 160 valence electrons. The zero-order valence-electron chi connectivity index (χ0n) is 18.0. The Morgan fingerprint density at radius 2 is 1.83 bits per heavy atom. The van der Waals surface area contributed by atoms with Gasteiger partial charge in [-0.15, -0.1) is 0 Å². The molecule has 1 aromatic carbocycles. The van der Waals surface area contributed by atoms with Gasteiger partial charge in [0.05, 0.1) is 5.54 Å². The van der Waals surface area contributed by atoms with Gasteiger partial charge in [0.2, 0.25) is 0 Å². The van der Waals surface area contributed by atoms with Gasteiger partial charge in [-0.1, -0.05) is 34.1 Å². The highest BCUT2D eigenvalue weighted by Gasteiger charge is 2.47. The van der Waals surface area contributed by atoms with Crippen LogP contribution in [0.4, 0.5) is 4.39 Å². The summed E-state index contributed by atoms with van der Waals surface area (Å²) in [5.74, 6) is 1.02. The Morgan fingerprint density at radius 3 is 2.41 bits per heavy atom. The standard InChI is InChI=1S/C22H30BrFN2O2S/c1-20(2,3)27-19(28-21(4,5)6)25-18-26-22(9-7-8-14(22)13-29-18)15-10-16(23)12-17(24)11-15/h10-12,14H,7-9,13H2,1-6H3/t14-,22-/m0/s1. The van der Waals surface area contributed by atoms with Crippen molar-refractivity contribution in [1.29, 1.82) is 0 Å². The first-order chi connectivity index (χ1) is 13.4. The molecular weight excluding hydrogens is 455 g/mol. The molecule has 29 heavy (non-hydrogen) atoms. The first kappa shape index (κ1) is 22.6. The number of benzene rings is 1. The molecule has 1 aliphatic carbocycles. The molecular formula is C22H30BrFN2O2S. The van der Waals surface area contributed by atoms with Crippen molar-refractivity contribution < 1.29 is 13.9 Å². The Morgan fingerprint density at radius 1 is 1.17 bits per heavy atom. The number of ether oxygens (including phenoxy) is 2. The fourth-order valence-electron chi connectivity index (χ4n) is 3.78. The van der Waals surface area contributed by atoms with Crippen LogP contribution in [-0.2, 0) is 15.0 Å². The van der Waals surface area contributed by atoms with Crippen molar-refractivity contribution in [3.05, 3.63) is 34.1 Å². The molecule has 1 heterocycles. The number of hydrogen-bond acceptors (Lipinski definition) is 5. The second-order valence-electron chi connectivity index (χ2n) is 9.68. The van der Waals surface area contributed by atoms with Gasteiger partial charge in [-0.25, -0.2) is 9.38 Å². The van der Waals surface area contributed by atoms with Crippen molar-refractivity contribution in [2.45, 2.75) is 77.5 Å². The van der Waals surface area contributed by atoms with Crippen LogP contribution in [0.5, 0.6) is 0 Å². The molecule has 2 atom stereocenters. The van der Waals surface area contributed by atoms with Crippen LogP contribution < -0.4 is 0 Å². The number of hydrogen-bond donors (Lipinski definition) is 0. The summed E-state index contributed by atoms with van der Waals surface area (Å²) in [7, 11) is 0. The van der Waals surface area contributed by atoms with E-state index in [0.717, 1.165) is 35.1 Å². The molecule has 3 rings (SSSR count). The Hall–Kier alpha value is -1.08. The molecule has 0 amide bonds. The van der Waals surface area contributed by atoms with E-state index < -0.39 is 16.7 Å². The Balaban J connectivity index is 2.03. The minimum Gasteiger partial charge on any atom is -0.445 e. The van der Waals surface area contributed by atoms with Crippen molar-refractivity contribution in [2.75, 3.05) is 5.75 Å². The first-order valence-electron chi connectivity index (χ1n) is 10.0. The van der Waals surface area contributed by atoms with E-state index in [0.29, 0.717) is 11.1 Å². The summed E-state index contributed by atoms with van der Waals surface area (Å²) < 4.78 is 26.8. The normalized spacial score (nSPS) is 24.6. The van der Waals surface area contributed by atoms with E-state index in [4.69, 9.17) is 14.5 Å². The minimum absolute atomic E-state index is 0.225. The number of aliphatic imine (C=N–C) groups is 2. The van der Waals surface area contributed by atoms with Crippen molar-refractivity contribution in [3.8, 4) is 0 Å². The average Bonchev–Trinajstić information content (AvgIpc) is 2.95. The number of nitrogens with zero attached hydrogens (tertiary/aromatic N) is 2. The van der Waals surface area contributed by atoms with E-state index in [-0.39, 0.29) is 11.9 Å². The smallest absolute Gasteiger partial charge is 0.391 e. The van der Waals surface area contributed by atoms with E-state index in [2.05, 4.69) is 20.9 Å². The Labute approximate surface area is 185 Å². The third-order valence-corrected chi connectivity index (χ3v) is 6.30. The zero-order valence-corrected chi connectivity index (χ0v) is 20.4. The van der Waals surface area contributed by atoms with Crippen LogP contribution >= 0.6 is 27.7 Å². The lowest BCUT2D eigenvalue weighted by Crippen LogP contribution is -2.36. The molecule has 0 unspecified atom stereocenters. The van der Waals surface area contributed by atoms with Gasteiger partial charge < -0.3 is 9.47 Å². The van der Waals surface area contributed by atoms with Gasteiger partial charge in [0.15, 0.2) is 5.17 Å². The van der Waals surface area contributed by atoms with Gasteiger partial charge >= 0.3 is 6.08 Å². The predicted octanol–water partition coefficient (Wildman–Crippen LogP) is 6.67. The summed E-state index contributed by atoms with van der Waals surface area (Å²) in [6.07, 6.45) is 3.28. The Kier molecular flexibility index (Phi) is 6.40. The maximum absolute atomic E-state index is 14.2. The fourth-order valence-corrected chi connectivity index (χ4v) is 5.41. The molecule has 0 N–H and O–H groups in total. The molecule has 0 saturated heterocycles. The number of fused-ring (bicyclic) bond motifs is 1. The van der Waals surface area contributed by atoms with Crippen molar-refractivity contribution in [3.63, 3.8) is 0 Å². The van der Waals surface area contributed by atoms with E-state index in [1.165, 1.54) is 6.07 Å². The average molecular weight is 485 g/mol. The third-order valence-electron chi connectivity index (χ3n) is 4.83. The molecule has 0 aromatic heterocycles. The third kappa shape index (κ3) is 5.75. The molecule has 1 aliphatic heterocycles. The van der Waals surface area contributed by atoms with Crippen LogP contribution in [-0.4, -0.2) is 28.2 Å². The fraction of sp³-hybridized carbons (Fsp3) is 0.636. The van der Waals surface area contributed by atoms with Crippen molar-refractivity contribution in [2.24, 2.45) is 15.9 Å². The van der Waals surface area contributed by atoms with Crippen LogP contribution in [0.3, 0.4) is 0 Å². The largest absolute Gasteiger partial charge is 0.445 e. The predicted molar refractivity (Wildman–Crippen MR) is 122 cm³/mol. The summed E-state index contributed by atoms with van der Waals surface area (Å²) in [4.78, 5) is 9.73. The number of rotatable bonds is 1. The van der Waals surface area contributed by atoms with Gasteiger partial charge in [-0.05, 0) is 84.1 Å². The monoisotopic (exact) mass is 484 g/mol. The van der Waals surface area contributed by atoms with Crippen LogP contribution in [0.25, 0.3) is 0 Å². The van der Waals surface area contributed by atoms with Gasteiger partial charge in [0.25, 0.3) is 0 Å². The van der Waals surface area contributed by atoms with Crippen LogP contribution in [0.1, 0.15) is 66.4 Å². The summed E-state index contributed by atoms with van der Waals surface area (Å²) >= 11 is 5.05. The van der Waals surface area contributed by atoms with E-state index >= 15 is 0 Å². The molecule has 4 nitrogen and oxygen atoms in total. The highest BCUT2D eigenvalue weighted by molar-refractivity contribution is 9.10. The van der Waals surface area contributed by atoms with Gasteiger partial charge in [-0.3, -0.25) is 0 Å². The molecule has 0 radical (unpaired) electrons. The maximum atomic E-state index is 14.2. The second kappa shape index (κ2) is 8.22. The number of amidine groups is 1. The summed E-state index contributed by atoms with van der Waals surface area (Å²) in [6.45, 7) is 11.8. The molecule has 7 heteroatoms. The van der Waals surface area contributed by atoms with Crippen LogP contribution in [0.15, 0.2) is 32.7 Å². The zero-order chi connectivity index (χ0) is 21.4. The summed E-state index contributed by atoms with van der Waals surface area (Å²) in [5.41, 5.74) is -0.408. The first-order valence-corrected chi connectivity index (χ1v) is 11.8. The van der Waals surface area contributed by atoms with Gasteiger partial charge in [0.1, 0.15) is 17.0 Å². The topological polar surface area (TPSA) is 43.2 Å². The molecule has 1 aromatic rings. The highest BCUT2D eigenvalue weighted by atomic mass is 79.9. The van der Waals surface area contributed by atoms with Crippen LogP contribution in [0, 0.1) is 11.7 Å². The van der Waals surface area contributed by atoms with E-state index in [1.54, 1.807) is 17.8 Å². The van der Waals surface area contributed by atoms with Gasteiger partial charge in [-0.2, -0.15) is 4.99 Å². The van der Waals surface area contributed by atoms with Crippen LogP contribution in [0.2, 0.25) is 0 Å². The molecule has 2 aliphatic rings. The lowest BCUT2D eigenvalue weighted by atomic mass is 9.81. The minimum atomic E-state index is -0.441. The summed E-state index contributed by atoms with van der Waals surface area (Å²) in [5, 5.41) is 0.632. The molecule has 0 bridgehead atoms. The van der Waals surface area contributed by atoms with E-state index in [1.807, 2.05) is 47.6 Å². The molecule has 1 saturated carbocycles. The molecule has 0 spiro atoms. The Bertz CT molecular complexity index is 791. The maximum Gasteiger partial charge on any atom is 0.391 e. The summed E-state index contributed by atoms with van der Waals surface area (Å²) in [6, 6.07) is 5.08. The lowest BCUT2D eigenvalue weighted by molar-refractivity contribution is 0.0101. The van der Waals surface area contributed by atoms with E-state index in [9.17, 15) is 4.39 Å². The lowest BCUT2D eigenvalue weighted by Gasteiger charge is -2.36.